The number of nitrogens with one attached hydrogen (secondary N) is 1. The van der Waals surface area contributed by atoms with Crippen molar-refractivity contribution in [1.82, 2.24) is 5.32 Å². The van der Waals surface area contributed by atoms with E-state index in [2.05, 4.69) is 37.2 Å². The minimum atomic E-state index is -1.09. The summed E-state index contributed by atoms with van der Waals surface area (Å²) in [5.74, 6) is -0.280. The molecule has 0 radical (unpaired) electrons. The zero-order chi connectivity index (χ0) is 23.1. The number of aliphatic carboxylic acids is 1. The molecule has 0 aromatic heterocycles. The van der Waals surface area contributed by atoms with Crippen LogP contribution in [-0.2, 0) is 4.79 Å². The number of phenolic OH excluding ortho intramolecular Hbond substituents is 1. The Labute approximate surface area is 198 Å². The molecule has 0 saturated heterocycles. The first-order valence-electron chi connectivity index (χ1n) is 9.87. The van der Waals surface area contributed by atoms with Crippen LogP contribution >= 0.6 is 31.9 Å². The number of hydrogen-bond acceptors (Lipinski definition) is 5. The third-order valence-electron chi connectivity index (χ3n) is 4.65. The van der Waals surface area contributed by atoms with Gasteiger partial charge in [-0.05, 0) is 93.9 Å². The van der Waals surface area contributed by atoms with Crippen LogP contribution in [0.5, 0.6) is 17.2 Å². The summed E-state index contributed by atoms with van der Waals surface area (Å²) in [7, 11) is 0. The van der Waals surface area contributed by atoms with E-state index in [0.717, 1.165) is 5.56 Å². The number of rotatable bonds is 10. The van der Waals surface area contributed by atoms with Crippen LogP contribution in [0, 0.1) is 0 Å². The van der Waals surface area contributed by atoms with E-state index in [4.69, 9.17) is 10.5 Å². The lowest BCUT2D eigenvalue weighted by molar-refractivity contribution is -0.139. The molecule has 0 aliphatic rings. The normalized spacial score (nSPS) is 11.9. The first kappa shape index (κ1) is 25.2. The predicted molar refractivity (Wildman–Crippen MR) is 126 cm³/mol. The first-order chi connectivity index (χ1) is 14.6. The maximum absolute atomic E-state index is 12.6. The van der Waals surface area contributed by atoms with E-state index >= 15 is 0 Å². The average Bonchev–Trinajstić information content (AvgIpc) is 2.70. The minimum Gasteiger partial charge on any atom is -0.508 e. The Bertz CT molecular complexity index is 926. The molecule has 31 heavy (non-hydrogen) atoms. The quantitative estimate of drug-likeness (QED) is 0.300. The first-order valence-corrected chi connectivity index (χ1v) is 11.5. The maximum Gasteiger partial charge on any atom is 0.326 e. The van der Waals surface area contributed by atoms with Gasteiger partial charge in [0.15, 0.2) is 5.75 Å². The van der Waals surface area contributed by atoms with Crippen molar-refractivity contribution >= 4 is 43.7 Å². The number of halogens is 2. The maximum atomic E-state index is 12.6. The van der Waals surface area contributed by atoms with Gasteiger partial charge in [-0.1, -0.05) is 13.8 Å². The topological polar surface area (TPSA) is 122 Å². The van der Waals surface area contributed by atoms with E-state index in [1.165, 1.54) is 0 Å². The van der Waals surface area contributed by atoms with Gasteiger partial charge in [0.25, 0.3) is 5.91 Å². The van der Waals surface area contributed by atoms with Gasteiger partial charge in [-0.2, -0.15) is 0 Å². The van der Waals surface area contributed by atoms with Crippen LogP contribution in [0.3, 0.4) is 0 Å². The van der Waals surface area contributed by atoms with Gasteiger partial charge >= 0.3 is 5.97 Å². The van der Waals surface area contributed by atoms with E-state index in [9.17, 15) is 19.8 Å². The summed E-state index contributed by atoms with van der Waals surface area (Å²) in [6, 6.07) is 7.14. The summed E-state index contributed by atoms with van der Waals surface area (Å²) in [5.41, 5.74) is 6.49. The second-order valence-electron chi connectivity index (χ2n) is 7.40. The van der Waals surface area contributed by atoms with Crippen molar-refractivity contribution < 1.29 is 24.5 Å². The fraction of sp³-hybridized carbons (Fsp3) is 0.364. The summed E-state index contributed by atoms with van der Waals surface area (Å²) in [5, 5.41) is 21.9. The summed E-state index contributed by atoms with van der Waals surface area (Å²) < 4.78 is 6.99. The van der Waals surface area contributed by atoms with E-state index < -0.39 is 17.9 Å². The highest BCUT2D eigenvalue weighted by molar-refractivity contribution is 9.11. The molecule has 1 amide bonds. The zero-order valence-electron chi connectivity index (χ0n) is 17.3. The molecule has 0 saturated carbocycles. The molecule has 0 bridgehead atoms. The van der Waals surface area contributed by atoms with Gasteiger partial charge in [-0.15, -0.1) is 0 Å². The second-order valence-corrected chi connectivity index (χ2v) is 9.10. The number of amides is 1. The monoisotopic (exact) mass is 556 g/mol. The highest BCUT2D eigenvalue weighted by atomic mass is 79.9. The van der Waals surface area contributed by atoms with Crippen molar-refractivity contribution in [3.8, 4) is 17.2 Å². The van der Waals surface area contributed by atoms with Gasteiger partial charge in [0.1, 0.15) is 17.5 Å². The van der Waals surface area contributed by atoms with Crippen molar-refractivity contribution in [1.29, 1.82) is 0 Å². The molecule has 0 aliphatic heterocycles. The summed E-state index contributed by atoms with van der Waals surface area (Å²) in [6.45, 7) is 4.42. The van der Waals surface area contributed by atoms with Crippen LogP contribution in [-0.4, -0.2) is 34.7 Å². The molecular formula is C22H26Br2N2O5. The molecule has 168 valence electrons. The Balaban J connectivity index is 2.20. The number of nitrogens with two attached hydrogens (primary N) is 1. The molecule has 0 spiro atoms. The van der Waals surface area contributed by atoms with Crippen LogP contribution < -0.4 is 15.8 Å². The van der Waals surface area contributed by atoms with Crippen molar-refractivity contribution in [2.24, 2.45) is 5.73 Å². The standard InChI is InChI=1S/C22H26Br2N2O5/c1-12(2)15-11-14(6-7-19(15)27)31-20-16(23)9-13(10-17(20)24)21(28)26-18(22(29)30)5-3-4-8-25/h6-7,9-12,18,27H,3-5,8,25H2,1-2H3,(H,26,28)(H,29,30). The van der Waals surface area contributed by atoms with Crippen molar-refractivity contribution in [3.63, 3.8) is 0 Å². The molecule has 2 aromatic carbocycles. The number of carbonyl (C=O) groups excluding carboxylic acids is 1. The van der Waals surface area contributed by atoms with Gasteiger partial charge in [-0.25, -0.2) is 4.79 Å². The van der Waals surface area contributed by atoms with Crippen LogP contribution in [0.2, 0.25) is 0 Å². The number of phenols is 1. The number of hydrogen-bond donors (Lipinski definition) is 4. The van der Waals surface area contributed by atoms with Crippen LogP contribution in [0.1, 0.15) is 54.9 Å². The molecule has 1 unspecified atom stereocenters. The second kappa shape index (κ2) is 11.5. The number of aromatic hydroxyl groups is 1. The number of unbranched alkanes of at least 4 members (excludes halogenated alkanes) is 1. The third kappa shape index (κ3) is 6.95. The lowest BCUT2D eigenvalue weighted by Gasteiger charge is -2.16. The highest BCUT2D eigenvalue weighted by Crippen LogP contribution is 2.39. The summed E-state index contributed by atoms with van der Waals surface area (Å²) in [6.07, 6.45) is 1.61. The molecule has 2 aromatic rings. The van der Waals surface area contributed by atoms with Crippen molar-refractivity contribution in [2.75, 3.05) is 6.54 Å². The number of benzene rings is 2. The highest BCUT2D eigenvalue weighted by Gasteiger charge is 2.22. The molecule has 0 fully saturated rings. The smallest absolute Gasteiger partial charge is 0.326 e. The molecule has 1 atom stereocenters. The predicted octanol–water partition coefficient (Wildman–Crippen LogP) is 5.14. The minimum absolute atomic E-state index is 0.119. The van der Waals surface area contributed by atoms with Gasteiger partial charge < -0.3 is 26.0 Å². The van der Waals surface area contributed by atoms with E-state index in [0.29, 0.717) is 46.3 Å². The molecule has 0 heterocycles. The fourth-order valence-electron chi connectivity index (χ4n) is 2.96. The van der Waals surface area contributed by atoms with Crippen LogP contribution in [0.4, 0.5) is 0 Å². The van der Waals surface area contributed by atoms with Crippen LogP contribution in [0.15, 0.2) is 39.3 Å². The van der Waals surface area contributed by atoms with E-state index in [-0.39, 0.29) is 17.2 Å². The molecule has 0 aliphatic carbocycles. The van der Waals surface area contributed by atoms with E-state index in [1.54, 1.807) is 30.3 Å². The number of carboxylic acids is 1. The van der Waals surface area contributed by atoms with Crippen molar-refractivity contribution in [3.05, 3.63) is 50.4 Å². The largest absolute Gasteiger partial charge is 0.508 e. The average molecular weight is 558 g/mol. The molecule has 2 rings (SSSR count). The number of carbonyl (C=O) groups is 2. The van der Waals surface area contributed by atoms with E-state index in [1.807, 2.05) is 13.8 Å². The Morgan fingerprint density at radius 2 is 1.77 bits per heavy atom. The number of ether oxygens (including phenoxy) is 1. The Morgan fingerprint density at radius 1 is 1.13 bits per heavy atom. The van der Waals surface area contributed by atoms with Crippen LogP contribution in [0.25, 0.3) is 0 Å². The lowest BCUT2D eigenvalue weighted by Crippen LogP contribution is -2.40. The molecule has 9 heteroatoms. The van der Waals surface area contributed by atoms with Gasteiger partial charge in [-0.3, -0.25) is 4.79 Å². The van der Waals surface area contributed by atoms with Crippen molar-refractivity contribution in [2.45, 2.75) is 45.1 Å². The summed E-state index contributed by atoms with van der Waals surface area (Å²) in [4.78, 5) is 24.1. The van der Waals surface area contributed by atoms with Gasteiger partial charge in [0.05, 0.1) is 8.95 Å². The third-order valence-corrected chi connectivity index (χ3v) is 5.83. The number of carboxylic acid groups (broad SMARTS) is 1. The van der Waals surface area contributed by atoms with Gasteiger partial charge in [0, 0.05) is 11.1 Å². The molecular weight excluding hydrogens is 532 g/mol. The fourth-order valence-corrected chi connectivity index (χ4v) is 4.30. The Hall–Kier alpha value is -2.10. The van der Waals surface area contributed by atoms with Gasteiger partial charge in [0.2, 0.25) is 0 Å². The zero-order valence-corrected chi connectivity index (χ0v) is 20.5. The SMILES string of the molecule is CC(C)c1cc(Oc2c(Br)cc(C(=O)NC(CCCCN)C(=O)O)cc2Br)ccc1O. The molecule has 5 N–H and O–H groups in total. The Morgan fingerprint density at radius 3 is 2.32 bits per heavy atom. The summed E-state index contributed by atoms with van der Waals surface area (Å²) >= 11 is 6.84. The lowest BCUT2D eigenvalue weighted by atomic mass is 10.0. The Kier molecular flexibility index (Phi) is 9.33. The molecule has 7 nitrogen and oxygen atoms in total.